The van der Waals surface area contributed by atoms with E-state index in [9.17, 15) is 45.8 Å². The van der Waals surface area contributed by atoms with Gasteiger partial charge in [0.05, 0.1) is 34.1 Å². The van der Waals surface area contributed by atoms with Crippen LogP contribution in [0.15, 0.2) is 54.6 Å². The first-order valence-electron chi connectivity index (χ1n) is 14.7. The maximum absolute atomic E-state index is 13.4. The van der Waals surface area contributed by atoms with Gasteiger partial charge in [-0.3, -0.25) is 4.79 Å². The fraction of sp³-hybridized carbons (Fsp3) is 0.312. The van der Waals surface area contributed by atoms with Gasteiger partial charge in [0.15, 0.2) is 0 Å². The van der Waals surface area contributed by atoms with Crippen LogP contribution in [0.3, 0.4) is 0 Å². The summed E-state index contributed by atoms with van der Waals surface area (Å²) >= 11 is 12.2. The molecular formula is C32H29Cl2F6N3O8. The monoisotopic (exact) mass is 767 g/mol. The highest BCUT2D eigenvalue weighted by Gasteiger charge is 2.38. The second-order valence-corrected chi connectivity index (χ2v) is 11.7. The van der Waals surface area contributed by atoms with E-state index < -0.39 is 48.2 Å². The summed E-state index contributed by atoms with van der Waals surface area (Å²) in [4.78, 5) is 47.5. The molecule has 0 aliphatic heterocycles. The van der Waals surface area contributed by atoms with Crippen LogP contribution < -0.4 is 25.4 Å². The number of benzene rings is 3. The van der Waals surface area contributed by atoms with Crippen molar-refractivity contribution >= 4 is 58.5 Å². The third-order valence-electron chi connectivity index (χ3n) is 7.34. The fourth-order valence-corrected chi connectivity index (χ4v) is 5.57. The van der Waals surface area contributed by atoms with Gasteiger partial charge in [-0.25, -0.2) is 14.4 Å². The molecule has 0 heterocycles. The normalized spacial score (nSPS) is 13.9. The van der Waals surface area contributed by atoms with E-state index in [-0.39, 0.29) is 32.9 Å². The van der Waals surface area contributed by atoms with Crippen LogP contribution >= 0.6 is 23.2 Å². The summed E-state index contributed by atoms with van der Waals surface area (Å²) in [5.74, 6) is -4.94. The highest BCUT2D eigenvalue weighted by atomic mass is 35.5. The molecule has 4 rings (SSSR count). The number of aliphatic carboxylic acids is 2. The van der Waals surface area contributed by atoms with Crippen LogP contribution in [-0.2, 0) is 9.59 Å². The summed E-state index contributed by atoms with van der Waals surface area (Å²) in [6, 6.07) is 11.2. The van der Waals surface area contributed by atoms with Crippen molar-refractivity contribution in [2.45, 2.75) is 50.7 Å². The largest absolute Gasteiger partial charge is 0.573 e. The number of carbonyl (C=O) groups is 4. The lowest BCUT2D eigenvalue weighted by molar-refractivity contribution is -0.274. The van der Waals surface area contributed by atoms with E-state index in [0.29, 0.717) is 24.2 Å². The van der Waals surface area contributed by atoms with Crippen molar-refractivity contribution in [3.63, 3.8) is 0 Å². The average Bonchev–Trinajstić information content (AvgIpc) is 3.04. The van der Waals surface area contributed by atoms with Gasteiger partial charge < -0.3 is 35.6 Å². The lowest BCUT2D eigenvalue weighted by Gasteiger charge is -2.28. The summed E-state index contributed by atoms with van der Waals surface area (Å²) in [7, 11) is 1.52. The zero-order chi connectivity index (χ0) is 38.1. The molecule has 1 fully saturated rings. The number of ether oxygens (including phenoxy) is 2. The molecule has 19 heteroatoms. The van der Waals surface area contributed by atoms with Crippen molar-refractivity contribution in [1.29, 1.82) is 0 Å². The van der Waals surface area contributed by atoms with Crippen molar-refractivity contribution in [2.24, 2.45) is 5.92 Å². The second-order valence-electron chi connectivity index (χ2n) is 10.9. The first kappa shape index (κ1) is 40.5. The molecule has 5 N–H and O–H groups in total. The lowest BCUT2D eigenvalue weighted by atomic mass is 9.83. The Morgan fingerprint density at radius 2 is 1.35 bits per heavy atom. The Morgan fingerprint density at radius 1 is 0.804 bits per heavy atom. The van der Waals surface area contributed by atoms with E-state index in [1.54, 1.807) is 30.3 Å². The number of rotatable bonds is 9. The van der Waals surface area contributed by atoms with Gasteiger partial charge in [0.2, 0.25) is 0 Å². The standard InChI is InChI=1S/C30H28Cl2F3N3O6.C2HF3O2/c1-43-19-10-7-16(8-11-19)18-9-12-21(27(39)37-25(28(40)41)17-5-3-2-4-6-17)24(13-18)36-29(42)38-26-22(31)14-20(15-23(26)32)44-30(33,34)35;3-2(4,5)1(6)7/h7-15,17,25H,2-6H2,1H3,(H,37,39)(H,40,41)(H2,36,38,42);(H,6,7)/t25-;/m0./s1. The summed E-state index contributed by atoms with van der Waals surface area (Å²) in [6.45, 7) is 0. The molecule has 3 aromatic carbocycles. The number of nitrogens with one attached hydrogen (secondary N) is 3. The molecule has 1 aliphatic rings. The van der Waals surface area contributed by atoms with E-state index in [4.69, 9.17) is 37.8 Å². The molecule has 3 amide bonds. The van der Waals surface area contributed by atoms with Gasteiger partial charge in [-0.1, -0.05) is 60.7 Å². The van der Waals surface area contributed by atoms with Crippen molar-refractivity contribution < 1.29 is 65.2 Å². The van der Waals surface area contributed by atoms with Crippen LogP contribution in [0.5, 0.6) is 11.5 Å². The number of carbonyl (C=O) groups excluding carboxylic acids is 2. The van der Waals surface area contributed by atoms with Gasteiger partial charge in [0, 0.05) is 12.1 Å². The SMILES string of the molecule is COc1ccc(-c2ccc(C(=O)N[C@H](C(=O)O)C3CCCCC3)c(NC(=O)Nc3c(Cl)cc(OC(F)(F)F)cc3Cl)c2)cc1.O=C(O)C(F)(F)F. The predicted octanol–water partition coefficient (Wildman–Crippen LogP) is 8.61. The molecule has 0 unspecified atom stereocenters. The molecule has 0 saturated heterocycles. The van der Waals surface area contributed by atoms with Gasteiger partial charge in [-0.05, 0) is 54.2 Å². The Kier molecular flexibility index (Phi) is 13.8. The van der Waals surface area contributed by atoms with E-state index in [1.165, 1.54) is 19.2 Å². The molecule has 11 nitrogen and oxygen atoms in total. The van der Waals surface area contributed by atoms with Crippen LogP contribution in [0.25, 0.3) is 11.1 Å². The van der Waals surface area contributed by atoms with E-state index in [1.807, 2.05) is 0 Å². The zero-order valence-electron chi connectivity index (χ0n) is 26.3. The molecule has 276 valence electrons. The third-order valence-corrected chi connectivity index (χ3v) is 7.94. The van der Waals surface area contributed by atoms with E-state index in [0.717, 1.165) is 37.0 Å². The lowest BCUT2D eigenvalue weighted by Crippen LogP contribution is -2.46. The number of anilines is 2. The summed E-state index contributed by atoms with van der Waals surface area (Å²) in [6.07, 6.45) is -6.02. The molecule has 0 spiro atoms. The number of hydrogen-bond acceptors (Lipinski definition) is 6. The molecule has 1 atom stereocenters. The van der Waals surface area contributed by atoms with Crippen molar-refractivity contribution in [3.05, 3.63) is 70.2 Å². The maximum atomic E-state index is 13.4. The number of methoxy groups -OCH3 is 1. The summed E-state index contributed by atoms with van der Waals surface area (Å²) in [5, 5.41) is 23.8. The number of urea groups is 1. The third kappa shape index (κ3) is 12.1. The Hall–Kier alpha value is -4.90. The average molecular weight is 768 g/mol. The van der Waals surface area contributed by atoms with Crippen LogP contribution in [0.1, 0.15) is 42.5 Å². The van der Waals surface area contributed by atoms with Crippen LogP contribution in [0.4, 0.5) is 42.5 Å². The van der Waals surface area contributed by atoms with Gasteiger partial charge in [0.1, 0.15) is 17.5 Å². The Balaban J connectivity index is 0.000000908. The highest BCUT2D eigenvalue weighted by Crippen LogP contribution is 2.37. The Morgan fingerprint density at radius 3 is 1.84 bits per heavy atom. The number of halogens is 8. The smallest absolute Gasteiger partial charge is 0.497 e. The number of alkyl halides is 6. The summed E-state index contributed by atoms with van der Waals surface area (Å²) < 4.78 is 78.6. The topological polar surface area (TPSA) is 163 Å². The molecule has 0 aromatic heterocycles. The quantitative estimate of drug-likeness (QED) is 0.135. The molecule has 0 bridgehead atoms. The molecule has 51 heavy (non-hydrogen) atoms. The molecule has 1 aliphatic carbocycles. The minimum Gasteiger partial charge on any atom is -0.497 e. The minimum absolute atomic E-state index is 0.0189. The van der Waals surface area contributed by atoms with Crippen LogP contribution in [-0.4, -0.2) is 59.8 Å². The van der Waals surface area contributed by atoms with Gasteiger partial charge >= 0.3 is 30.5 Å². The highest BCUT2D eigenvalue weighted by molar-refractivity contribution is 6.40. The molecule has 3 aromatic rings. The van der Waals surface area contributed by atoms with Gasteiger partial charge in [-0.2, -0.15) is 13.2 Å². The van der Waals surface area contributed by atoms with Crippen LogP contribution in [0.2, 0.25) is 10.0 Å². The maximum Gasteiger partial charge on any atom is 0.573 e. The fourth-order valence-electron chi connectivity index (χ4n) is 5.01. The first-order chi connectivity index (χ1) is 23.8. The number of carboxylic acids is 2. The zero-order valence-corrected chi connectivity index (χ0v) is 27.8. The van der Waals surface area contributed by atoms with Crippen molar-refractivity contribution in [3.8, 4) is 22.6 Å². The van der Waals surface area contributed by atoms with Crippen molar-refractivity contribution in [1.82, 2.24) is 5.32 Å². The van der Waals surface area contributed by atoms with Gasteiger partial charge in [-0.15, -0.1) is 13.2 Å². The van der Waals surface area contributed by atoms with Gasteiger partial charge in [0.25, 0.3) is 5.91 Å². The Bertz CT molecular complexity index is 1710. The van der Waals surface area contributed by atoms with Crippen molar-refractivity contribution in [2.75, 3.05) is 17.7 Å². The first-order valence-corrected chi connectivity index (χ1v) is 15.5. The van der Waals surface area contributed by atoms with Crippen LogP contribution in [0, 0.1) is 5.92 Å². The molecular weight excluding hydrogens is 739 g/mol. The number of amides is 3. The van der Waals surface area contributed by atoms with E-state index in [2.05, 4.69) is 20.7 Å². The number of carboxylic acid groups (broad SMARTS) is 2. The van der Waals surface area contributed by atoms with E-state index >= 15 is 0 Å². The number of hydrogen-bond donors (Lipinski definition) is 5. The molecule has 0 radical (unpaired) electrons. The molecule has 1 saturated carbocycles. The predicted molar refractivity (Wildman–Crippen MR) is 173 cm³/mol. The minimum atomic E-state index is -5.08. The Labute approximate surface area is 295 Å². The second kappa shape index (κ2) is 17.4. The summed E-state index contributed by atoms with van der Waals surface area (Å²) in [5.41, 5.74) is 1.11.